The summed E-state index contributed by atoms with van der Waals surface area (Å²) < 4.78 is 1.14. The molecule has 0 bridgehead atoms. The average molecular weight is 396 g/mol. The van der Waals surface area contributed by atoms with E-state index < -0.39 is 4.92 Å². The summed E-state index contributed by atoms with van der Waals surface area (Å²) in [5.74, 6) is -0.250. The number of anilines is 1. The van der Waals surface area contributed by atoms with E-state index in [2.05, 4.69) is 16.3 Å². The van der Waals surface area contributed by atoms with Gasteiger partial charge in [0.25, 0.3) is 5.69 Å². The molecular weight excluding hydrogens is 376 g/mol. The van der Waals surface area contributed by atoms with Crippen LogP contribution >= 0.6 is 11.3 Å². The highest BCUT2D eigenvalue weighted by Gasteiger charge is 2.30. The first-order valence-electron chi connectivity index (χ1n) is 9.15. The van der Waals surface area contributed by atoms with E-state index in [4.69, 9.17) is 4.98 Å². The van der Waals surface area contributed by atoms with E-state index in [-0.39, 0.29) is 29.9 Å². The van der Waals surface area contributed by atoms with E-state index in [0.29, 0.717) is 0 Å². The minimum Gasteiger partial charge on any atom is -0.319 e. The van der Waals surface area contributed by atoms with Crippen LogP contribution in [0.5, 0.6) is 0 Å². The molecule has 1 aromatic heterocycles. The van der Waals surface area contributed by atoms with Gasteiger partial charge < -0.3 is 5.32 Å². The highest BCUT2D eigenvalue weighted by Crippen LogP contribution is 2.36. The average Bonchev–Trinajstić information content (AvgIpc) is 3.29. The summed E-state index contributed by atoms with van der Waals surface area (Å²) in [6, 6.07) is 12.9. The van der Waals surface area contributed by atoms with Crippen LogP contribution in [-0.2, 0) is 4.79 Å². The van der Waals surface area contributed by atoms with Gasteiger partial charge in [0.05, 0.1) is 27.7 Å². The standard InChI is InChI=1S/C20H20N4O3S/c1-13-8-9-14(17(11-13)24(26)27)21-19(25)12-23-10-4-6-16(23)20-22-15-5-2-3-7-18(15)28-20/h2-3,5,7-9,11,16H,4,6,10,12H2,1H3,(H,21,25). The SMILES string of the molecule is Cc1ccc(NC(=O)CN2CCCC2c2nc3ccccc3s2)c([N+](=O)[O-])c1. The molecule has 8 heteroatoms. The zero-order valence-corrected chi connectivity index (χ0v) is 16.2. The Hall–Kier alpha value is -2.84. The first-order chi connectivity index (χ1) is 13.5. The molecule has 1 fully saturated rings. The van der Waals surface area contributed by atoms with Gasteiger partial charge in [-0.15, -0.1) is 11.3 Å². The molecule has 1 saturated heterocycles. The Balaban J connectivity index is 1.49. The van der Waals surface area contributed by atoms with Crippen molar-refractivity contribution in [1.29, 1.82) is 0 Å². The minimum absolute atomic E-state index is 0.0857. The van der Waals surface area contributed by atoms with Crippen molar-refractivity contribution in [3.8, 4) is 0 Å². The number of likely N-dealkylation sites (tertiary alicyclic amines) is 1. The van der Waals surface area contributed by atoms with E-state index in [0.717, 1.165) is 40.2 Å². The number of thiazole rings is 1. The lowest BCUT2D eigenvalue weighted by atomic mass is 10.2. The highest BCUT2D eigenvalue weighted by atomic mass is 32.1. The molecule has 0 spiro atoms. The number of fused-ring (bicyclic) bond motifs is 1. The number of carbonyl (C=O) groups excluding carboxylic acids is 1. The number of aromatic nitrogens is 1. The van der Waals surface area contributed by atoms with Crippen LogP contribution in [0.1, 0.15) is 29.5 Å². The summed E-state index contributed by atoms with van der Waals surface area (Å²) >= 11 is 1.66. The summed E-state index contributed by atoms with van der Waals surface area (Å²) in [5.41, 5.74) is 1.91. The van der Waals surface area contributed by atoms with Crippen molar-refractivity contribution in [1.82, 2.24) is 9.88 Å². The van der Waals surface area contributed by atoms with Crippen molar-refractivity contribution in [2.45, 2.75) is 25.8 Å². The molecule has 144 valence electrons. The number of nitro benzene ring substituents is 1. The van der Waals surface area contributed by atoms with Gasteiger partial charge in [0.15, 0.2) is 0 Å². The quantitative estimate of drug-likeness (QED) is 0.513. The lowest BCUT2D eigenvalue weighted by molar-refractivity contribution is -0.384. The Morgan fingerprint density at radius 2 is 2.18 bits per heavy atom. The lowest BCUT2D eigenvalue weighted by Gasteiger charge is -2.22. The van der Waals surface area contributed by atoms with Crippen LogP contribution in [-0.4, -0.2) is 33.8 Å². The van der Waals surface area contributed by atoms with Gasteiger partial charge in [0, 0.05) is 6.07 Å². The van der Waals surface area contributed by atoms with Crippen LogP contribution in [0, 0.1) is 17.0 Å². The van der Waals surface area contributed by atoms with Gasteiger partial charge >= 0.3 is 0 Å². The maximum atomic E-state index is 12.6. The maximum absolute atomic E-state index is 12.6. The molecule has 0 saturated carbocycles. The third-order valence-electron chi connectivity index (χ3n) is 4.93. The molecule has 1 aliphatic heterocycles. The molecule has 1 N–H and O–H groups in total. The zero-order valence-electron chi connectivity index (χ0n) is 15.4. The van der Waals surface area contributed by atoms with Crippen LogP contribution in [0.25, 0.3) is 10.2 Å². The van der Waals surface area contributed by atoms with Crippen LogP contribution in [0.4, 0.5) is 11.4 Å². The number of aryl methyl sites for hydroxylation is 1. The van der Waals surface area contributed by atoms with Gasteiger partial charge in [-0.05, 0) is 50.1 Å². The second-order valence-electron chi connectivity index (χ2n) is 6.97. The molecule has 0 radical (unpaired) electrons. The Morgan fingerprint density at radius 3 is 2.96 bits per heavy atom. The summed E-state index contributed by atoms with van der Waals surface area (Å²) in [7, 11) is 0. The van der Waals surface area contributed by atoms with Crippen molar-refractivity contribution >= 4 is 38.8 Å². The van der Waals surface area contributed by atoms with Crippen LogP contribution in [0.2, 0.25) is 0 Å². The predicted molar refractivity (Wildman–Crippen MR) is 110 cm³/mol. The molecule has 1 unspecified atom stereocenters. The highest BCUT2D eigenvalue weighted by molar-refractivity contribution is 7.18. The Labute approximate surface area is 166 Å². The predicted octanol–water partition coefficient (Wildman–Crippen LogP) is 4.29. The van der Waals surface area contributed by atoms with Crippen molar-refractivity contribution in [3.05, 3.63) is 63.1 Å². The number of nitrogens with zero attached hydrogens (tertiary/aromatic N) is 3. The number of carbonyl (C=O) groups is 1. The Bertz CT molecular complexity index is 1020. The number of nitro groups is 1. The molecule has 2 heterocycles. The Kier molecular flexibility index (Phi) is 5.06. The number of amides is 1. The number of nitrogens with one attached hydrogen (secondary N) is 1. The monoisotopic (exact) mass is 396 g/mol. The lowest BCUT2D eigenvalue weighted by Crippen LogP contribution is -2.33. The zero-order chi connectivity index (χ0) is 19.7. The summed E-state index contributed by atoms with van der Waals surface area (Å²) in [6.07, 6.45) is 1.95. The fourth-order valence-electron chi connectivity index (χ4n) is 3.60. The molecule has 1 amide bonds. The first-order valence-corrected chi connectivity index (χ1v) is 9.97. The minimum atomic E-state index is -0.470. The van der Waals surface area contributed by atoms with Gasteiger partial charge in [-0.25, -0.2) is 4.98 Å². The van der Waals surface area contributed by atoms with Crippen molar-refractivity contribution in [2.24, 2.45) is 0 Å². The molecule has 1 atom stereocenters. The molecule has 4 rings (SSSR count). The molecular formula is C20H20N4O3S. The third-order valence-corrected chi connectivity index (χ3v) is 6.07. The van der Waals surface area contributed by atoms with Crippen molar-refractivity contribution in [2.75, 3.05) is 18.4 Å². The first kappa shape index (κ1) is 18.5. The second kappa shape index (κ2) is 7.65. The largest absolute Gasteiger partial charge is 0.319 e. The van der Waals surface area contributed by atoms with E-state index in [9.17, 15) is 14.9 Å². The maximum Gasteiger partial charge on any atom is 0.293 e. The van der Waals surface area contributed by atoms with Gasteiger partial charge in [0.2, 0.25) is 5.91 Å². The third kappa shape index (κ3) is 3.74. The van der Waals surface area contributed by atoms with Gasteiger partial charge in [-0.2, -0.15) is 0 Å². The summed E-state index contributed by atoms with van der Waals surface area (Å²) in [6.45, 7) is 2.78. The summed E-state index contributed by atoms with van der Waals surface area (Å²) in [4.78, 5) is 30.2. The van der Waals surface area contributed by atoms with Crippen LogP contribution in [0.15, 0.2) is 42.5 Å². The topological polar surface area (TPSA) is 88.4 Å². The number of hydrogen-bond donors (Lipinski definition) is 1. The molecule has 0 aliphatic carbocycles. The van der Waals surface area contributed by atoms with Gasteiger partial charge in [-0.3, -0.25) is 19.8 Å². The fraction of sp³-hybridized carbons (Fsp3) is 0.300. The normalized spacial score (nSPS) is 17.1. The van der Waals surface area contributed by atoms with Gasteiger partial charge in [-0.1, -0.05) is 18.2 Å². The second-order valence-corrected chi connectivity index (χ2v) is 8.04. The van der Waals surface area contributed by atoms with E-state index in [1.54, 1.807) is 30.4 Å². The van der Waals surface area contributed by atoms with E-state index >= 15 is 0 Å². The fourth-order valence-corrected chi connectivity index (χ4v) is 4.74. The smallest absolute Gasteiger partial charge is 0.293 e. The van der Waals surface area contributed by atoms with Gasteiger partial charge in [0.1, 0.15) is 10.7 Å². The number of para-hydroxylation sites is 1. The Morgan fingerprint density at radius 1 is 1.36 bits per heavy atom. The number of benzene rings is 2. The van der Waals surface area contributed by atoms with Crippen LogP contribution < -0.4 is 5.32 Å². The molecule has 7 nitrogen and oxygen atoms in total. The molecule has 3 aromatic rings. The molecule has 28 heavy (non-hydrogen) atoms. The van der Waals surface area contributed by atoms with Crippen LogP contribution in [0.3, 0.4) is 0 Å². The van der Waals surface area contributed by atoms with E-state index in [1.807, 2.05) is 18.2 Å². The number of rotatable bonds is 5. The summed E-state index contributed by atoms with van der Waals surface area (Å²) in [5, 5.41) is 15.0. The van der Waals surface area contributed by atoms with Crippen molar-refractivity contribution < 1.29 is 9.72 Å². The molecule has 1 aliphatic rings. The molecule has 2 aromatic carbocycles. The number of hydrogen-bond acceptors (Lipinski definition) is 6. The van der Waals surface area contributed by atoms with E-state index in [1.165, 1.54) is 6.07 Å². The van der Waals surface area contributed by atoms with Crippen molar-refractivity contribution in [3.63, 3.8) is 0 Å².